The molecule has 0 radical (unpaired) electrons. The molecule has 0 saturated heterocycles. The Labute approximate surface area is 86.2 Å². The van der Waals surface area contributed by atoms with Gasteiger partial charge in [0.1, 0.15) is 0 Å². The van der Waals surface area contributed by atoms with Crippen molar-refractivity contribution in [3.63, 3.8) is 0 Å². The van der Waals surface area contributed by atoms with Crippen LogP contribution in [0.5, 0.6) is 0 Å². The predicted molar refractivity (Wildman–Crippen MR) is 57.2 cm³/mol. The second-order valence-electron chi connectivity index (χ2n) is 3.71. The molecule has 0 saturated carbocycles. The molecule has 1 heterocycles. The van der Waals surface area contributed by atoms with Crippen LogP contribution in [0.1, 0.15) is 21.6 Å². The molecule has 0 spiro atoms. The van der Waals surface area contributed by atoms with Crippen LogP contribution in [0.2, 0.25) is 0 Å². The molecule has 15 heavy (non-hydrogen) atoms. The van der Waals surface area contributed by atoms with Gasteiger partial charge >= 0.3 is 0 Å². The zero-order valence-corrected chi connectivity index (χ0v) is 8.19. The molecule has 3 heteroatoms. The number of allylic oxidation sites excluding steroid dienone is 1. The van der Waals surface area contributed by atoms with E-state index in [1.54, 1.807) is 19.1 Å². The van der Waals surface area contributed by atoms with Gasteiger partial charge in [-0.15, -0.1) is 0 Å². The van der Waals surface area contributed by atoms with Gasteiger partial charge in [-0.2, -0.15) is 4.73 Å². The summed E-state index contributed by atoms with van der Waals surface area (Å²) in [6.07, 6.45) is 3.33. The van der Waals surface area contributed by atoms with Crippen molar-refractivity contribution in [2.24, 2.45) is 0 Å². The lowest BCUT2D eigenvalue weighted by Crippen LogP contribution is -2.01. The van der Waals surface area contributed by atoms with Crippen LogP contribution in [0.4, 0.5) is 0 Å². The van der Waals surface area contributed by atoms with E-state index >= 15 is 0 Å². The average molecular weight is 199 g/mol. The van der Waals surface area contributed by atoms with Crippen molar-refractivity contribution in [1.82, 2.24) is 4.73 Å². The van der Waals surface area contributed by atoms with Crippen LogP contribution in [0.25, 0.3) is 17.0 Å². The number of hydrogen-bond acceptors (Lipinski definition) is 2. The first kappa shape index (κ1) is 8.29. The lowest BCUT2D eigenvalue weighted by molar-refractivity contribution is 0.104. The van der Waals surface area contributed by atoms with Gasteiger partial charge in [0.25, 0.3) is 0 Å². The number of carbonyl (C=O) groups is 1. The van der Waals surface area contributed by atoms with Gasteiger partial charge < -0.3 is 5.21 Å². The Bertz CT molecular complexity index is 620. The highest BCUT2D eigenvalue weighted by molar-refractivity contribution is 6.20. The Hall–Kier alpha value is -2.03. The Kier molecular flexibility index (Phi) is 1.39. The van der Waals surface area contributed by atoms with Crippen molar-refractivity contribution in [2.45, 2.75) is 6.92 Å². The molecule has 0 unspecified atom stereocenters. The summed E-state index contributed by atoms with van der Waals surface area (Å²) in [4.78, 5) is 11.7. The summed E-state index contributed by atoms with van der Waals surface area (Å²) in [5.74, 6) is -0.0380. The molecule has 1 aliphatic carbocycles. The predicted octanol–water partition coefficient (Wildman–Crippen LogP) is 2.40. The van der Waals surface area contributed by atoms with Crippen LogP contribution >= 0.6 is 0 Å². The van der Waals surface area contributed by atoms with Gasteiger partial charge in [-0.05, 0) is 24.6 Å². The number of rotatable bonds is 0. The molecular formula is C12H9NO2. The molecule has 3 nitrogen and oxygen atoms in total. The lowest BCUT2D eigenvalue weighted by Gasteiger charge is -2.04. The van der Waals surface area contributed by atoms with Crippen molar-refractivity contribution in [1.29, 1.82) is 0 Å². The number of nitrogens with zero attached hydrogens (tertiary/aromatic N) is 1. The minimum atomic E-state index is -0.0380. The first-order chi connectivity index (χ1) is 7.20. The van der Waals surface area contributed by atoms with Crippen molar-refractivity contribution in [2.75, 3.05) is 0 Å². The Morgan fingerprint density at radius 2 is 2.07 bits per heavy atom. The van der Waals surface area contributed by atoms with Crippen LogP contribution in [0, 0.1) is 6.92 Å². The average Bonchev–Trinajstić information content (AvgIpc) is 2.50. The molecule has 1 aliphatic rings. The van der Waals surface area contributed by atoms with Crippen LogP contribution in [0.15, 0.2) is 24.3 Å². The minimum absolute atomic E-state index is 0.0380. The highest BCUT2D eigenvalue weighted by atomic mass is 16.5. The fourth-order valence-electron chi connectivity index (χ4n) is 2.16. The van der Waals surface area contributed by atoms with Gasteiger partial charge in [0.15, 0.2) is 5.78 Å². The smallest absolute Gasteiger partial charge is 0.188 e. The van der Waals surface area contributed by atoms with Gasteiger partial charge in [0, 0.05) is 5.39 Å². The third kappa shape index (κ3) is 0.871. The van der Waals surface area contributed by atoms with Crippen molar-refractivity contribution < 1.29 is 10.0 Å². The molecular weight excluding hydrogens is 190 g/mol. The summed E-state index contributed by atoms with van der Waals surface area (Å²) >= 11 is 0. The van der Waals surface area contributed by atoms with Crippen LogP contribution < -0.4 is 0 Å². The fourth-order valence-corrected chi connectivity index (χ4v) is 2.16. The van der Waals surface area contributed by atoms with E-state index in [2.05, 4.69) is 0 Å². The van der Waals surface area contributed by atoms with Crippen molar-refractivity contribution >= 4 is 22.8 Å². The Morgan fingerprint density at radius 3 is 2.87 bits per heavy atom. The van der Waals surface area contributed by atoms with E-state index in [1.165, 1.54) is 0 Å². The number of benzene rings is 1. The summed E-state index contributed by atoms with van der Waals surface area (Å²) in [6.45, 7) is 1.75. The molecule has 0 amide bonds. The van der Waals surface area contributed by atoms with Gasteiger partial charge in [0.2, 0.25) is 0 Å². The largest absolute Gasteiger partial charge is 0.428 e. The van der Waals surface area contributed by atoms with Crippen molar-refractivity contribution in [3.05, 3.63) is 41.1 Å². The topological polar surface area (TPSA) is 42.2 Å². The monoisotopic (exact) mass is 199 g/mol. The number of aromatic nitrogens is 1. The van der Waals surface area contributed by atoms with E-state index in [9.17, 15) is 10.0 Å². The minimum Gasteiger partial charge on any atom is -0.428 e. The normalized spacial score (nSPS) is 13.8. The quantitative estimate of drug-likeness (QED) is 0.662. The molecule has 1 N–H and O–H groups in total. The van der Waals surface area contributed by atoms with Crippen LogP contribution in [-0.4, -0.2) is 15.7 Å². The maximum absolute atomic E-state index is 11.7. The van der Waals surface area contributed by atoms with Gasteiger partial charge in [-0.1, -0.05) is 18.2 Å². The highest BCUT2D eigenvalue weighted by Gasteiger charge is 2.22. The van der Waals surface area contributed by atoms with Gasteiger partial charge in [0.05, 0.1) is 16.8 Å². The standard InChI is InChI=1S/C12H9NO2/c1-7-11-10(14)6-5-8-3-2-4-9(12(8)11)13(7)15/h2-6,15H,1H3. The number of carbonyl (C=O) groups excluding carboxylic acids is 1. The maximum atomic E-state index is 11.7. The van der Waals surface area contributed by atoms with E-state index in [1.807, 2.05) is 18.2 Å². The first-order valence-electron chi connectivity index (χ1n) is 4.76. The zero-order chi connectivity index (χ0) is 10.6. The van der Waals surface area contributed by atoms with E-state index in [0.717, 1.165) is 15.7 Å². The Morgan fingerprint density at radius 1 is 1.27 bits per heavy atom. The first-order valence-corrected chi connectivity index (χ1v) is 4.76. The molecule has 3 rings (SSSR count). The number of hydrogen-bond donors (Lipinski definition) is 1. The molecule has 0 atom stereocenters. The van der Waals surface area contributed by atoms with E-state index in [0.29, 0.717) is 16.8 Å². The Balaban J connectivity index is 2.62. The molecule has 1 aromatic heterocycles. The van der Waals surface area contributed by atoms with Crippen LogP contribution in [-0.2, 0) is 0 Å². The lowest BCUT2D eigenvalue weighted by atomic mass is 9.96. The molecule has 0 aliphatic heterocycles. The SMILES string of the molecule is Cc1c2c3c(cccc3n1O)C=CC2=O. The van der Waals surface area contributed by atoms with Crippen molar-refractivity contribution in [3.8, 4) is 0 Å². The van der Waals surface area contributed by atoms with E-state index < -0.39 is 0 Å². The second-order valence-corrected chi connectivity index (χ2v) is 3.71. The number of ketones is 1. The molecule has 0 fully saturated rings. The molecule has 1 aromatic carbocycles. The molecule has 0 bridgehead atoms. The van der Waals surface area contributed by atoms with E-state index in [4.69, 9.17) is 0 Å². The zero-order valence-electron chi connectivity index (χ0n) is 8.19. The third-order valence-electron chi connectivity index (χ3n) is 2.89. The molecule has 74 valence electrons. The fraction of sp³-hybridized carbons (Fsp3) is 0.0833. The van der Waals surface area contributed by atoms with E-state index in [-0.39, 0.29) is 5.78 Å². The second kappa shape index (κ2) is 2.51. The summed E-state index contributed by atoms with van der Waals surface area (Å²) < 4.78 is 1.08. The molecule has 2 aromatic rings. The highest BCUT2D eigenvalue weighted by Crippen LogP contribution is 2.32. The summed E-state index contributed by atoms with van der Waals surface area (Å²) in [6, 6.07) is 5.61. The third-order valence-corrected chi connectivity index (χ3v) is 2.89. The summed E-state index contributed by atoms with van der Waals surface area (Å²) in [5, 5.41) is 10.7. The maximum Gasteiger partial charge on any atom is 0.188 e. The van der Waals surface area contributed by atoms with Gasteiger partial charge in [-0.3, -0.25) is 4.79 Å². The summed E-state index contributed by atoms with van der Waals surface area (Å²) in [7, 11) is 0. The van der Waals surface area contributed by atoms with Gasteiger partial charge in [-0.25, -0.2) is 0 Å². The van der Waals surface area contributed by atoms with Crippen LogP contribution in [0.3, 0.4) is 0 Å². The summed E-state index contributed by atoms with van der Waals surface area (Å²) in [5.41, 5.74) is 2.90.